The minimum Gasteiger partial charge on any atom is -0.382 e. The molecule has 3 N–H and O–H groups in total. The Morgan fingerprint density at radius 1 is 1.29 bits per heavy atom. The fourth-order valence-electron chi connectivity index (χ4n) is 4.85. The number of aryl methyl sites for hydroxylation is 1. The smallest absolute Gasteiger partial charge is 0.382 e. The molecule has 10 heteroatoms. The van der Waals surface area contributed by atoms with E-state index < -0.39 is 23.2 Å². The normalized spacial score (nSPS) is 23.9. The van der Waals surface area contributed by atoms with Gasteiger partial charge in [0.15, 0.2) is 0 Å². The monoisotopic (exact) mass is 477 g/mol. The number of benzene rings is 1. The first-order valence-corrected chi connectivity index (χ1v) is 11.4. The van der Waals surface area contributed by atoms with Crippen LogP contribution in [0, 0.1) is 0 Å². The van der Waals surface area contributed by atoms with Gasteiger partial charge in [0.05, 0.1) is 18.2 Å². The second kappa shape index (κ2) is 9.42. The summed E-state index contributed by atoms with van der Waals surface area (Å²) in [6, 6.07) is 4.96. The molecule has 1 aliphatic carbocycles. The van der Waals surface area contributed by atoms with Crippen LogP contribution >= 0.6 is 0 Å². The van der Waals surface area contributed by atoms with Crippen LogP contribution in [-0.4, -0.2) is 57.2 Å². The number of nitrogens with zero attached hydrogens (tertiary/aromatic N) is 3. The average Bonchev–Trinajstić information content (AvgIpc) is 3.21. The van der Waals surface area contributed by atoms with Crippen molar-refractivity contribution in [2.75, 3.05) is 19.6 Å². The van der Waals surface area contributed by atoms with Crippen molar-refractivity contribution >= 4 is 5.91 Å². The second-order valence-corrected chi connectivity index (χ2v) is 9.28. The first kappa shape index (κ1) is 24.3. The maximum atomic E-state index is 12.8. The summed E-state index contributed by atoms with van der Waals surface area (Å²) in [7, 11) is 1.90. The topological polar surface area (TPSA) is 82.4 Å². The van der Waals surface area contributed by atoms with Crippen LogP contribution in [0.4, 0.5) is 13.2 Å². The van der Waals surface area contributed by atoms with Gasteiger partial charge < -0.3 is 20.3 Å². The number of amides is 1. The number of alkyl halides is 3. The van der Waals surface area contributed by atoms with Gasteiger partial charge in [-0.2, -0.15) is 13.2 Å². The van der Waals surface area contributed by atoms with Crippen LogP contribution in [-0.2, 0) is 18.8 Å². The van der Waals surface area contributed by atoms with Gasteiger partial charge in [-0.25, -0.2) is 4.98 Å². The van der Waals surface area contributed by atoms with Gasteiger partial charge in [0.25, 0.3) is 5.91 Å². The van der Waals surface area contributed by atoms with Crippen molar-refractivity contribution in [2.45, 2.75) is 49.5 Å². The van der Waals surface area contributed by atoms with E-state index in [4.69, 9.17) is 0 Å². The van der Waals surface area contributed by atoms with E-state index in [2.05, 4.69) is 27.1 Å². The zero-order valence-corrected chi connectivity index (χ0v) is 19.1. The average molecular weight is 478 g/mol. The molecule has 0 atom stereocenters. The third-order valence-electron chi connectivity index (χ3n) is 6.77. The number of hydrogen-bond acceptors (Lipinski definition) is 5. The number of nitrogens with one attached hydrogen (secondary N) is 2. The van der Waals surface area contributed by atoms with E-state index in [1.165, 1.54) is 12.1 Å². The summed E-state index contributed by atoms with van der Waals surface area (Å²) >= 11 is 0. The summed E-state index contributed by atoms with van der Waals surface area (Å²) in [5, 5.41) is 16.9. The van der Waals surface area contributed by atoms with Crippen LogP contribution in [0.2, 0.25) is 0 Å². The lowest BCUT2D eigenvalue weighted by molar-refractivity contribution is -0.137. The molecule has 0 unspecified atom stereocenters. The first-order chi connectivity index (χ1) is 16.0. The highest BCUT2D eigenvalue weighted by Gasteiger charge is 2.41. The molecule has 1 saturated carbocycles. The summed E-state index contributed by atoms with van der Waals surface area (Å²) in [5.74, 6) is 0.143. The lowest BCUT2D eigenvalue weighted by atomic mass is 9.80. The molecule has 4 rings (SSSR count). The molecule has 1 aromatic heterocycles. The number of imidazole rings is 1. The highest BCUT2D eigenvalue weighted by atomic mass is 19.4. The standard InChI is InChI=1S/C24H30F3N5O2/c1-16(13-29-21(33)17-4-3-5-18(12-17)24(25,26)27)30-19-14-32(15-19)20-6-8-23(34,9-7-20)22-28-10-11-31(22)2/h3-5,10-12,19-20,30,34H,1,6-9,13-15H2,2H3,(H,29,33)/t20-,23-. The number of aromatic nitrogens is 2. The van der Waals surface area contributed by atoms with Gasteiger partial charge in [-0.3, -0.25) is 9.69 Å². The third kappa shape index (κ3) is 5.28. The molecule has 7 nitrogen and oxygen atoms in total. The van der Waals surface area contributed by atoms with Crippen LogP contribution < -0.4 is 10.6 Å². The molecule has 1 amide bonds. The molecule has 0 radical (unpaired) electrons. The summed E-state index contributed by atoms with van der Waals surface area (Å²) in [5.41, 5.74) is -1.16. The van der Waals surface area contributed by atoms with Crippen molar-refractivity contribution in [3.8, 4) is 0 Å². The van der Waals surface area contributed by atoms with E-state index >= 15 is 0 Å². The Kier molecular flexibility index (Phi) is 6.73. The molecule has 1 aliphatic heterocycles. The zero-order valence-electron chi connectivity index (χ0n) is 19.1. The van der Waals surface area contributed by atoms with Gasteiger partial charge >= 0.3 is 6.18 Å². The highest BCUT2D eigenvalue weighted by Crippen LogP contribution is 2.38. The number of aliphatic hydroxyl groups is 1. The second-order valence-electron chi connectivity index (χ2n) is 9.28. The van der Waals surface area contributed by atoms with E-state index in [0.717, 1.165) is 43.9 Å². The van der Waals surface area contributed by atoms with Crippen LogP contribution in [0.15, 0.2) is 48.9 Å². The van der Waals surface area contributed by atoms with Gasteiger partial charge in [-0.1, -0.05) is 12.6 Å². The number of rotatable bonds is 7. The molecule has 2 aliphatic rings. The van der Waals surface area contributed by atoms with Crippen molar-refractivity contribution in [3.63, 3.8) is 0 Å². The van der Waals surface area contributed by atoms with Gasteiger partial charge in [0.2, 0.25) is 0 Å². The maximum absolute atomic E-state index is 12.8. The first-order valence-electron chi connectivity index (χ1n) is 11.4. The Balaban J connectivity index is 1.18. The molecule has 2 fully saturated rings. The SMILES string of the molecule is C=C(CNC(=O)c1cccc(C(F)(F)F)c1)NC1CN([C@H]2CC[C@@](O)(c3nccn3C)CC2)C1. The number of halogens is 3. The third-order valence-corrected chi connectivity index (χ3v) is 6.77. The van der Waals surface area contributed by atoms with Crippen molar-refractivity contribution in [3.05, 3.63) is 65.9 Å². The Morgan fingerprint density at radius 3 is 2.62 bits per heavy atom. The molecule has 1 aromatic carbocycles. The molecule has 184 valence electrons. The largest absolute Gasteiger partial charge is 0.416 e. The summed E-state index contributed by atoms with van der Waals surface area (Å²) < 4.78 is 40.4. The lowest BCUT2D eigenvalue weighted by Gasteiger charge is -2.48. The molecule has 2 aromatic rings. The van der Waals surface area contributed by atoms with Crippen molar-refractivity contribution in [1.82, 2.24) is 25.1 Å². The summed E-state index contributed by atoms with van der Waals surface area (Å²) in [6.07, 6.45) is 2.19. The lowest BCUT2D eigenvalue weighted by Crippen LogP contribution is -2.62. The summed E-state index contributed by atoms with van der Waals surface area (Å²) in [4.78, 5) is 18.9. The van der Waals surface area contributed by atoms with Crippen LogP contribution in [0.25, 0.3) is 0 Å². The minimum atomic E-state index is -4.49. The Labute approximate surface area is 196 Å². The van der Waals surface area contributed by atoms with Gasteiger partial charge in [0.1, 0.15) is 11.4 Å². The Hall–Kier alpha value is -2.85. The minimum absolute atomic E-state index is 0.0414. The van der Waals surface area contributed by atoms with Crippen molar-refractivity contribution < 1.29 is 23.1 Å². The van der Waals surface area contributed by atoms with Gasteiger partial charge in [-0.05, 0) is 43.9 Å². The fourth-order valence-corrected chi connectivity index (χ4v) is 4.85. The van der Waals surface area contributed by atoms with Crippen molar-refractivity contribution in [1.29, 1.82) is 0 Å². The Morgan fingerprint density at radius 2 is 2.00 bits per heavy atom. The zero-order chi connectivity index (χ0) is 24.5. The number of hydrogen-bond donors (Lipinski definition) is 3. The molecular weight excluding hydrogens is 447 g/mol. The van der Waals surface area contributed by atoms with Gasteiger partial charge in [0, 0.05) is 49.8 Å². The van der Waals surface area contributed by atoms with Gasteiger partial charge in [-0.15, -0.1) is 0 Å². The fraction of sp³-hybridized carbons (Fsp3) is 0.500. The van der Waals surface area contributed by atoms with E-state index in [0.29, 0.717) is 24.6 Å². The Bertz CT molecular complexity index is 1040. The summed E-state index contributed by atoms with van der Waals surface area (Å²) in [6.45, 7) is 5.73. The van der Waals surface area contributed by atoms with Crippen LogP contribution in [0.5, 0.6) is 0 Å². The quantitative estimate of drug-likeness (QED) is 0.572. The number of carbonyl (C=O) groups is 1. The van der Waals surface area contributed by atoms with Crippen LogP contribution in [0.3, 0.4) is 0 Å². The molecular formula is C24H30F3N5O2. The maximum Gasteiger partial charge on any atom is 0.416 e. The predicted octanol–water partition coefficient (Wildman–Crippen LogP) is 2.79. The van der Waals surface area contributed by atoms with Crippen molar-refractivity contribution in [2.24, 2.45) is 7.05 Å². The van der Waals surface area contributed by atoms with E-state index in [9.17, 15) is 23.1 Å². The number of carbonyl (C=O) groups excluding carboxylic acids is 1. The predicted molar refractivity (Wildman–Crippen MR) is 121 cm³/mol. The molecule has 1 saturated heterocycles. The molecule has 0 bridgehead atoms. The molecule has 34 heavy (non-hydrogen) atoms. The molecule has 2 heterocycles. The highest BCUT2D eigenvalue weighted by molar-refractivity contribution is 5.94. The van der Waals surface area contributed by atoms with E-state index in [-0.39, 0.29) is 18.2 Å². The van der Waals surface area contributed by atoms with E-state index in [1.807, 2.05) is 17.8 Å². The molecule has 0 spiro atoms. The van der Waals surface area contributed by atoms with E-state index in [1.54, 1.807) is 6.20 Å². The van der Waals surface area contributed by atoms with Crippen LogP contribution in [0.1, 0.15) is 47.4 Å². The number of likely N-dealkylation sites (tertiary alicyclic amines) is 1.